The van der Waals surface area contributed by atoms with E-state index in [2.05, 4.69) is 33.1 Å². The fourth-order valence-corrected chi connectivity index (χ4v) is 2.55. The van der Waals surface area contributed by atoms with Gasteiger partial charge in [0.15, 0.2) is 0 Å². The number of rotatable bonds is 7. The third-order valence-electron chi connectivity index (χ3n) is 3.73. The minimum atomic E-state index is 0.191. The number of piperazine rings is 1. The standard InChI is InChI=1S/C15H26N4O/c1-2-6-16-14(13-20)12-18-8-10-19(11-9-18)15-5-3-4-7-17-15/h3-5,7,14,16,20H,2,6,8-13H2,1H3. The summed E-state index contributed by atoms with van der Waals surface area (Å²) in [6.07, 6.45) is 2.95. The van der Waals surface area contributed by atoms with Crippen LogP contribution in [0.5, 0.6) is 0 Å². The monoisotopic (exact) mass is 278 g/mol. The summed E-state index contributed by atoms with van der Waals surface area (Å²) in [5.41, 5.74) is 0. The summed E-state index contributed by atoms with van der Waals surface area (Å²) in [5, 5.41) is 12.8. The van der Waals surface area contributed by atoms with Gasteiger partial charge in [-0.1, -0.05) is 13.0 Å². The summed E-state index contributed by atoms with van der Waals surface area (Å²) < 4.78 is 0. The van der Waals surface area contributed by atoms with Crippen molar-refractivity contribution in [3.8, 4) is 0 Å². The predicted molar refractivity (Wildman–Crippen MR) is 82.1 cm³/mol. The molecule has 2 rings (SSSR count). The molecule has 1 saturated heterocycles. The number of nitrogens with one attached hydrogen (secondary N) is 1. The van der Waals surface area contributed by atoms with E-state index in [0.29, 0.717) is 0 Å². The first-order chi connectivity index (χ1) is 9.83. The molecule has 0 saturated carbocycles. The number of hydrogen-bond acceptors (Lipinski definition) is 5. The van der Waals surface area contributed by atoms with E-state index in [1.54, 1.807) is 0 Å². The van der Waals surface area contributed by atoms with Crippen LogP contribution in [0.1, 0.15) is 13.3 Å². The molecule has 2 N–H and O–H groups in total. The van der Waals surface area contributed by atoms with Gasteiger partial charge in [0.2, 0.25) is 0 Å². The van der Waals surface area contributed by atoms with Crippen LogP contribution in [-0.2, 0) is 0 Å². The second-order valence-electron chi connectivity index (χ2n) is 5.31. The molecule has 20 heavy (non-hydrogen) atoms. The lowest BCUT2D eigenvalue weighted by molar-refractivity contribution is 0.175. The van der Waals surface area contributed by atoms with E-state index in [1.165, 1.54) is 0 Å². The second kappa shape index (κ2) is 8.19. The van der Waals surface area contributed by atoms with Crippen LogP contribution in [0.3, 0.4) is 0 Å². The van der Waals surface area contributed by atoms with Crippen LogP contribution < -0.4 is 10.2 Å². The first kappa shape index (κ1) is 15.2. The molecular weight excluding hydrogens is 252 g/mol. The Bertz CT molecular complexity index is 365. The first-order valence-corrected chi connectivity index (χ1v) is 7.56. The summed E-state index contributed by atoms with van der Waals surface area (Å²) in [4.78, 5) is 9.14. The van der Waals surface area contributed by atoms with Crippen LogP contribution in [0.15, 0.2) is 24.4 Å². The van der Waals surface area contributed by atoms with Crippen molar-refractivity contribution in [3.63, 3.8) is 0 Å². The predicted octanol–water partition coefficient (Wildman–Crippen LogP) is 0.564. The van der Waals surface area contributed by atoms with Crippen LogP contribution in [0.2, 0.25) is 0 Å². The van der Waals surface area contributed by atoms with Gasteiger partial charge in [-0.05, 0) is 25.1 Å². The highest BCUT2D eigenvalue weighted by molar-refractivity contribution is 5.38. The Morgan fingerprint density at radius 2 is 2.10 bits per heavy atom. The summed E-state index contributed by atoms with van der Waals surface area (Å²) in [7, 11) is 0. The average molecular weight is 278 g/mol. The van der Waals surface area contributed by atoms with Crippen molar-refractivity contribution in [2.24, 2.45) is 0 Å². The first-order valence-electron chi connectivity index (χ1n) is 7.56. The minimum Gasteiger partial charge on any atom is -0.395 e. The van der Waals surface area contributed by atoms with E-state index < -0.39 is 0 Å². The largest absolute Gasteiger partial charge is 0.395 e. The molecule has 5 nitrogen and oxygen atoms in total. The van der Waals surface area contributed by atoms with Crippen LogP contribution in [0.25, 0.3) is 0 Å². The van der Waals surface area contributed by atoms with Crippen molar-refractivity contribution in [1.82, 2.24) is 15.2 Å². The summed E-state index contributed by atoms with van der Waals surface area (Å²) in [5.74, 6) is 1.06. The molecule has 0 aromatic carbocycles. The number of aliphatic hydroxyl groups is 1. The Kier molecular flexibility index (Phi) is 6.24. The Morgan fingerprint density at radius 3 is 2.70 bits per heavy atom. The molecule has 1 aromatic heterocycles. The lowest BCUT2D eigenvalue weighted by Gasteiger charge is -2.36. The van der Waals surface area contributed by atoms with Gasteiger partial charge in [-0.3, -0.25) is 4.90 Å². The Morgan fingerprint density at radius 1 is 1.30 bits per heavy atom. The molecule has 1 aromatic rings. The minimum absolute atomic E-state index is 0.191. The third kappa shape index (κ3) is 4.44. The van der Waals surface area contributed by atoms with E-state index in [-0.39, 0.29) is 12.6 Å². The topological polar surface area (TPSA) is 51.6 Å². The van der Waals surface area contributed by atoms with E-state index in [1.807, 2.05) is 18.3 Å². The maximum Gasteiger partial charge on any atom is 0.128 e. The van der Waals surface area contributed by atoms with E-state index in [9.17, 15) is 5.11 Å². The average Bonchev–Trinajstić information content (AvgIpc) is 2.53. The molecule has 0 bridgehead atoms. The lowest BCUT2D eigenvalue weighted by atomic mass is 10.2. The van der Waals surface area contributed by atoms with Crippen molar-refractivity contribution < 1.29 is 5.11 Å². The van der Waals surface area contributed by atoms with Crippen LogP contribution >= 0.6 is 0 Å². The molecular formula is C15H26N4O. The Labute approximate surface area is 121 Å². The van der Waals surface area contributed by atoms with Gasteiger partial charge in [0.25, 0.3) is 0 Å². The molecule has 1 fully saturated rings. The quantitative estimate of drug-likeness (QED) is 0.763. The SMILES string of the molecule is CCCNC(CO)CN1CCN(c2ccccn2)CC1. The highest BCUT2D eigenvalue weighted by atomic mass is 16.3. The summed E-state index contributed by atoms with van der Waals surface area (Å²) in [6, 6.07) is 6.24. The molecule has 0 aliphatic carbocycles. The smallest absolute Gasteiger partial charge is 0.128 e. The van der Waals surface area contributed by atoms with E-state index >= 15 is 0 Å². The normalized spacial score (nSPS) is 18.2. The molecule has 5 heteroatoms. The van der Waals surface area contributed by atoms with Crippen molar-refractivity contribution >= 4 is 5.82 Å². The fraction of sp³-hybridized carbons (Fsp3) is 0.667. The maximum absolute atomic E-state index is 9.40. The van der Waals surface area contributed by atoms with Gasteiger partial charge in [0, 0.05) is 45.0 Å². The molecule has 112 valence electrons. The zero-order valence-corrected chi connectivity index (χ0v) is 12.3. The van der Waals surface area contributed by atoms with Crippen molar-refractivity contribution in [2.75, 3.05) is 50.8 Å². The van der Waals surface area contributed by atoms with Crippen LogP contribution in [0, 0.1) is 0 Å². The molecule has 1 aliphatic heterocycles. The number of anilines is 1. The Hall–Kier alpha value is -1.17. The molecule has 2 heterocycles. The molecule has 0 amide bonds. The zero-order valence-electron chi connectivity index (χ0n) is 12.3. The number of nitrogens with zero attached hydrogens (tertiary/aromatic N) is 3. The number of aromatic nitrogens is 1. The molecule has 1 aliphatic rings. The Balaban J connectivity index is 1.76. The zero-order chi connectivity index (χ0) is 14.2. The third-order valence-corrected chi connectivity index (χ3v) is 3.73. The highest BCUT2D eigenvalue weighted by Gasteiger charge is 2.20. The van der Waals surface area contributed by atoms with Gasteiger partial charge in [0.1, 0.15) is 5.82 Å². The van der Waals surface area contributed by atoms with Gasteiger partial charge in [-0.2, -0.15) is 0 Å². The van der Waals surface area contributed by atoms with Crippen LogP contribution in [-0.4, -0.2) is 66.9 Å². The highest BCUT2D eigenvalue weighted by Crippen LogP contribution is 2.12. The van der Waals surface area contributed by atoms with Crippen molar-refractivity contribution in [2.45, 2.75) is 19.4 Å². The van der Waals surface area contributed by atoms with Gasteiger partial charge >= 0.3 is 0 Å². The fourth-order valence-electron chi connectivity index (χ4n) is 2.55. The van der Waals surface area contributed by atoms with E-state index in [4.69, 9.17) is 0 Å². The summed E-state index contributed by atoms with van der Waals surface area (Å²) >= 11 is 0. The molecule has 1 unspecified atom stereocenters. The van der Waals surface area contributed by atoms with Crippen molar-refractivity contribution in [1.29, 1.82) is 0 Å². The maximum atomic E-state index is 9.40. The molecule has 0 radical (unpaired) electrons. The van der Waals surface area contributed by atoms with Crippen LogP contribution in [0.4, 0.5) is 5.82 Å². The second-order valence-corrected chi connectivity index (χ2v) is 5.31. The van der Waals surface area contributed by atoms with Crippen molar-refractivity contribution in [3.05, 3.63) is 24.4 Å². The van der Waals surface area contributed by atoms with Gasteiger partial charge in [-0.25, -0.2) is 4.98 Å². The van der Waals surface area contributed by atoms with E-state index in [0.717, 1.165) is 51.5 Å². The van der Waals surface area contributed by atoms with Gasteiger partial charge < -0.3 is 15.3 Å². The number of pyridine rings is 1. The lowest BCUT2D eigenvalue weighted by Crippen LogP contribution is -2.51. The number of hydrogen-bond donors (Lipinski definition) is 2. The van der Waals surface area contributed by atoms with Gasteiger partial charge in [0.05, 0.1) is 6.61 Å². The molecule has 1 atom stereocenters. The van der Waals surface area contributed by atoms with Gasteiger partial charge in [-0.15, -0.1) is 0 Å². The molecule has 0 spiro atoms. The number of aliphatic hydroxyl groups excluding tert-OH is 1. The summed E-state index contributed by atoms with van der Waals surface area (Å²) in [6.45, 7) is 8.31.